The van der Waals surface area contributed by atoms with Gasteiger partial charge in [-0.05, 0) is 38.0 Å². The summed E-state index contributed by atoms with van der Waals surface area (Å²) in [5.41, 5.74) is 1.04. The van der Waals surface area contributed by atoms with Gasteiger partial charge >= 0.3 is 0 Å². The number of nitrogens with one attached hydrogen (secondary N) is 1. The molecule has 0 radical (unpaired) electrons. The van der Waals surface area contributed by atoms with Crippen molar-refractivity contribution < 1.29 is 14.3 Å². The first-order chi connectivity index (χ1) is 12.1. The molecule has 0 spiro atoms. The van der Waals surface area contributed by atoms with Gasteiger partial charge in [0.2, 0.25) is 5.91 Å². The number of halogens is 1. The van der Waals surface area contributed by atoms with Crippen LogP contribution in [0.4, 0.5) is 0 Å². The lowest BCUT2D eigenvalue weighted by atomic mass is 10.0. The molecule has 0 saturated carbocycles. The van der Waals surface area contributed by atoms with Crippen molar-refractivity contribution in [2.45, 2.75) is 31.8 Å². The molecule has 1 aromatic rings. The predicted octanol–water partition coefficient (Wildman–Crippen LogP) is 2.08. The van der Waals surface area contributed by atoms with E-state index in [1.54, 1.807) is 14.2 Å². The van der Waals surface area contributed by atoms with E-state index >= 15 is 0 Å². The summed E-state index contributed by atoms with van der Waals surface area (Å²) in [7, 11) is 3.34. The summed E-state index contributed by atoms with van der Waals surface area (Å²) < 4.78 is 10.9. The molecule has 146 valence electrons. The molecule has 26 heavy (non-hydrogen) atoms. The van der Waals surface area contributed by atoms with E-state index in [2.05, 4.69) is 17.1 Å². The monoisotopic (exact) mass is 383 g/mol. The van der Waals surface area contributed by atoms with Crippen molar-refractivity contribution in [1.29, 1.82) is 0 Å². The van der Waals surface area contributed by atoms with E-state index in [1.807, 2.05) is 23.1 Å². The van der Waals surface area contributed by atoms with E-state index in [4.69, 9.17) is 9.47 Å². The number of piperazine rings is 1. The number of methoxy groups -OCH3 is 2. The summed E-state index contributed by atoms with van der Waals surface area (Å²) in [6, 6.07) is 6.28. The fraction of sp³-hybridized carbons (Fsp3) is 0.632. The molecule has 2 aliphatic heterocycles. The first-order valence-corrected chi connectivity index (χ1v) is 9.10. The first kappa shape index (κ1) is 20.8. The highest BCUT2D eigenvalue weighted by Crippen LogP contribution is 2.39. The highest BCUT2D eigenvalue weighted by molar-refractivity contribution is 5.85. The van der Waals surface area contributed by atoms with Crippen molar-refractivity contribution in [1.82, 2.24) is 15.1 Å². The zero-order valence-corrected chi connectivity index (χ0v) is 16.7. The number of benzene rings is 1. The van der Waals surface area contributed by atoms with Crippen molar-refractivity contribution in [2.75, 3.05) is 46.9 Å². The Kier molecular flexibility index (Phi) is 7.55. The lowest BCUT2D eigenvalue weighted by Crippen LogP contribution is -2.53. The summed E-state index contributed by atoms with van der Waals surface area (Å²) >= 11 is 0. The highest BCUT2D eigenvalue weighted by Gasteiger charge is 2.33. The Morgan fingerprint density at radius 1 is 1.27 bits per heavy atom. The van der Waals surface area contributed by atoms with Crippen molar-refractivity contribution in [3.05, 3.63) is 23.8 Å². The maximum Gasteiger partial charge on any atom is 0.237 e. The molecule has 1 aromatic carbocycles. The van der Waals surface area contributed by atoms with Gasteiger partial charge in [0.1, 0.15) is 11.5 Å². The third-order valence-corrected chi connectivity index (χ3v) is 5.35. The van der Waals surface area contributed by atoms with Crippen LogP contribution in [0, 0.1) is 0 Å². The summed E-state index contributed by atoms with van der Waals surface area (Å²) in [6.07, 6.45) is 1.99. The van der Waals surface area contributed by atoms with Gasteiger partial charge in [-0.15, -0.1) is 12.4 Å². The minimum atomic E-state index is 0. The topological polar surface area (TPSA) is 54.0 Å². The molecular weight excluding hydrogens is 354 g/mol. The van der Waals surface area contributed by atoms with Crippen LogP contribution in [0.3, 0.4) is 0 Å². The van der Waals surface area contributed by atoms with Crippen molar-refractivity contribution in [3.8, 4) is 11.5 Å². The minimum Gasteiger partial charge on any atom is -0.497 e. The van der Waals surface area contributed by atoms with Crippen LogP contribution in [-0.4, -0.2) is 68.7 Å². The molecule has 1 unspecified atom stereocenters. The molecule has 3 rings (SSSR count). The molecule has 2 aliphatic rings. The molecule has 6 nitrogen and oxygen atoms in total. The molecule has 2 saturated heterocycles. The number of ether oxygens (including phenoxy) is 2. The molecule has 0 aromatic heterocycles. The fourth-order valence-electron chi connectivity index (χ4n) is 3.87. The van der Waals surface area contributed by atoms with Crippen LogP contribution in [0.25, 0.3) is 0 Å². The molecule has 0 bridgehead atoms. The Balaban J connectivity index is 0.00000243. The molecule has 1 amide bonds. The zero-order valence-electron chi connectivity index (χ0n) is 15.9. The van der Waals surface area contributed by atoms with Gasteiger partial charge in [0.25, 0.3) is 0 Å². The second-order valence-electron chi connectivity index (χ2n) is 6.88. The molecule has 1 N–H and O–H groups in total. The fourth-order valence-corrected chi connectivity index (χ4v) is 3.87. The average Bonchev–Trinajstić information content (AvgIpc) is 3.12. The van der Waals surface area contributed by atoms with Gasteiger partial charge in [-0.3, -0.25) is 9.69 Å². The number of amides is 1. The summed E-state index contributed by atoms with van der Waals surface area (Å²) in [5.74, 6) is 1.83. The van der Waals surface area contributed by atoms with Crippen LogP contribution in [0.2, 0.25) is 0 Å². The highest BCUT2D eigenvalue weighted by atomic mass is 35.5. The van der Waals surface area contributed by atoms with E-state index in [0.29, 0.717) is 12.6 Å². The largest absolute Gasteiger partial charge is 0.497 e. The number of rotatable bonds is 5. The van der Waals surface area contributed by atoms with E-state index in [-0.39, 0.29) is 24.4 Å². The third-order valence-electron chi connectivity index (χ3n) is 5.35. The number of hydrogen-bond donors (Lipinski definition) is 1. The summed E-state index contributed by atoms with van der Waals surface area (Å²) in [6.45, 7) is 6.29. The smallest absolute Gasteiger partial charge is 0.237 e. The Labute approximate surface area is 162 Å². The number of hydrogen-bond acceptors (Lipinski definition) is 5. The maximum absolute atomic E-state index is 13.0. The van der Waals surface area contributed by atoms with E-state index in [0.717, 1.165) is 56.1 Å². The molecule has 2 heterocycles. The number of nitrogens with zero attached hydrogens (tertiary/aromatic N) is 2. The Morgan fingerprint density at radius 3 is 2.77 bits per heavy atom. The van der Waals surface area contributed by atoms with Gasteiger partial charge in [0.05, 0.1) is 26.8 Å². The van der Waals surface area contributed by atoms with Crippen LogP contribution in [0.15, 0.2) is 18.2 Å². The normalized spacial score (nSPS) is 23.4. The van der Waals surface area contributed by atoms with Crippen molar-refractivity contribution in [3.63, 3.8) is 0 Å². The lowest BCUT2D eigenvalue weighted by molar-refractivity contribution is -0.134. The first-order valence-electron chi connectivity index (χ1n) is 9.10. The maximum atomic E-state index is 13.0. The average molecular weight is 384 g/mol. The molecule has 2 atom stereocenters. The summed E-state index contributed by atoms with van der Waals surface area (Å²) in [4.78, 5) is 17.3. The molecule has 0 aliphatic carbocycles. The second kappa shape index (κ2) is 9.44. The van der Waals surface area contributed by atoms with Crippen LogP contribution in [0.1, 0.15) is 31.4 Å². The van der Waals surface area contributed by atoms with Crippen LogP contribution in [0.5, 0.6) is 11.5 Å². The SMILES string of the molecule is COc1ccc(OC)c(C2CCCN2C(=O)CN2CCNC[C@H]2C)c1.Cl. The Hall–Kier alpha value is -1.50. The number of carbonyl (C=O) groups is 1. The molecular formula is C19H30ClN3O3. The molecule has 2 fully saturated rings. The summed E-state index contributed by atoms with van der Waals surface area (Å²) in [5, 5.41) is 3.37. The molecule has 7 heteroatoms. The quantitative estimate of drug-likeness (QED) is 0.843. The van der Waals surface area contributed by atoms with Gasteiger partial charge in [-0.2, -0.15) is 0 Å². The van der Waals surface area contributed by atoms with Crippen molar-refractivity contribution >= 4 is 18.3 Å². The van der Waals surface area contributed by atoms with Gasteiger partial charge in [-0.25, -0.2) is 0 Å². The van der Waals surface area contributed by atoms with Gasteiger partial charge < -0.3 is 19.7 Å². The Morgan fingerprint density at radius 2 is 2.08 bits per heavy atom. The van der Waals surface area contributed by atoms with Gasteiger partial charge in [-0.1, -0.05) is 0 Å². The second-order valence-corrected chi connectivity index (χ2v) is 6.88. The van der Waals surface area contributed by atoms with E-state index in [1.165, 1.54) is 0 Å². The standard InChI is InChI=1S/C19H29N3O3.ClH/c1-14-12-20-8-10-21(14)13-19(23)22-9-4-5-17(22)16-11-15(24-2)6-7-18(16)25-3;/h6-7,11,14,17,20H,4-5,8-10,12-13H2,1-3H3;1H/t14-,17?;/m1./s1. The van der Waals surface area contributed by atoms with Crippen molar-refractivity contribution in [2.24, 2.45) is 0 Å². The van der Waals surface area contributed by atoms with E-state index < -0.39 is 0 Å². The minimum absolute atomic E-state index is 0. The van der Waals surface area contributed by atoms with Gasteiger partial charge in [0, 0.05) is 37.8 Å². The van der Waals surface area contributed by atoms with Gasteiger partial charge in [0.15, 0.2) is 0 Å². The van der Waals surface area contributed by atoms with E-state index in [9.17, 15) is 4.79 Å². The third kappa shape index (κ3) is 4.42. The van der Waals surface area contributed by atoms with Crippen LogP contribution >= 0.6 is 12.4 Å². The van der Waals surface area contributed by atoms with Crippen LogP contribution in [-0.2, 0) is 4.79 Å². The number of likely N-dealkylation sites (tertiary alicyclic amines) is 1. The van der Waals surface area contributed by atoms with Crippen LogP contribution < -0.4 is 14.8 Å². The number of carbonyl (C=O) groups excluding carboxylic acids is 1. The predicted molar refractivity (Wildman–Crippen MR) is 104 cm³/mol. The zero-order chi connectivity index (χ0) is 17.8. The lowest BCUT2D eigenvalue weighted by Gasteiger charge is -2.35. The Bertz CT molecular complexity index is 614.